The van der Waals surface area contributed by atoms with Crippen LogP contribution in [0.2, 0.25) is 0 Å². The summed E-state index contributed by atoms with van der Waals surface area (Å²) in [6.07, 6.45) is 0.877. The fraction of sp³-hybridized carbons (Fsp3) is 0.300. The third-order valence-corrected chi connectivity index (χ3v) is 4.81. The molecule has 8 heteroatoms. The van der Waals surface area contributed by atoms with Crippen LogP contribution in [0.3, 0.4) is 0 Å². The fourth-order valence-electron chi connectivity index (χ4n) is 3.37. The molecule has 0 bridgehead atoms. The molecular weight excluding hydrogens is 369 g/mol. The van der Waals surface area contributed by atoms with Gasteiger partial charge >= 0.3 is 0 Å². The van der Waals surface area contributed by atoms with Crippen LogP contribution in [0.15, 0.2) is 42.5 Å². The Morgan fingerprint density at radius 1 is 1.04 bits per heavy atom. The molecule has 3 aromatic rings. The second-order valence-electron chi connectivity index (χ2n) is 6.83. The lowest BCUT2D eigenvalue weighted by atomic mass is 10.1. The van der Waals surface area contributed by atoms with E-state index >= 15 is 0 Å². The first-order chi connectivity index (χ1) is 13.6. The van der Waals surface area contributed by atoms with E-state index in [9.17, 15) is 13.2 Å². The molecule has 2 heterocycles. The molecule has 1 aromatic heterocycles. The number of nitrogens with one attached hydrogen (secondary N) is 1. The van der Waals surface area contributed by atoms with E-state index in [1.165, 1.54) is 24.3 Å². The van der Waals surface area contributed by atoms with Crippen molar-refractivity contribution >= 4 is 0 Å². The average Bonchev–Trinajstić information content (AvgIpc) is 3.31. The number of rotatable bonds is 6. The molecule has 0 amide bonds. The molecule has 1 N–H and O–H groups in total. The molecule has 28 heavy (non-hydrogen) atoms. The summed E-state index contributed by atoms with van der Waals surface area (Å²) in [6.45, 7) is 2.53. The van der Waals surface area contributed by atoms with E-state index in [4.69, 9.17) is 4.74 Å². The van der Waals surface area contributed by atoms with Gasteiger partial charge in [-0.3, -0.25) is 4.90 Å². The van der Waals surface area contributed by atoms with E-state index < -0.39 is 11.6 Å². The van der Waals surface area contributed by atoms with E-state index in [1.807, 2.05) is 0 Å². The largest absolute Gasteiger partial charge is 0.370 e. The minimum atomic E-state index is -0.693. The number of benzene rings is 2. The number of nitrogens with zero attached hydrogens (tertiary/aromatic N) is 3. The van der Waals surface area contributed by atoms with E-state index in [-0.39, 0.29) is 24.1 Å². The van der Waals surface area contributed by atoms with Crippen LogP contribution in [0.25, 0.3) is 11.3 Å². The molecule has 4 rings (SSSR count). The molecule has 1 saturated heterocycles. The molecule has 1 aliphatic heterocycles. The summed E-state index contributed by atoms with van der Waals surface area (Å²) >= 11 is 0. The van der Waals surface area contributed by atoms with Gasteiger partial charge in [0.05, 0.1) is 12.7 Å². The van der Waals surface area contributed by atoms with E-state index in [0.717, 1.165) is 37.7 Å². The Morgan fingerprint density at radius 3 is 2.61 bits per heavy atom. The Morgan fingerprint density at radius 2 is 1.82 bits per heavy atom. The lowest BCUT2D eigenvalue weighted by molar-refractivity contribution is 0.0445. The van der Waals surface area contributed by atoms with Gasteiger partial charge in [-0.2, -0.15) is 15.4 Å². The Kier molecular flexibility index (Phi) is 5.40. The standard InChI is InChI=1S/C20H19F3N4O/c21-14-3-1-13(2-4-14)10-27-8-7-16(11-27)28-12-19-20(25-26-24-19)17-6-5-15(22)9-18(17)23/h1-6,9,16H,7-8,10-12H2,(H,24,25,26)/t16-/m0/s1. The SMILES string of the molecule is Fc1ccc(CN2CC[C@H](OCc3n[nH]nc3-c3ccc(F)cc3F)C2)cc1. The van der Waals surface area contributed by atoms with Crippen LogP contribution in [-0.4, -0.2) is 39.5 Å². The Labute approximate surface area is 160 Å². The van der Waals surface area contributed by atoms with Gasteiger partial charge in [0.2, 0.25) is 0 Å². The Bertz CT molecular complexity index is 945. The molecule has 0 unspecified atom stereocenters. The molecular formula is C20H19F3N4O. The quantitative estimate of drug-likeness (QED) is 0.700. The number of aromatic nitrogens is 3. The first-order valence-corrected chi connectivity index (χ1v) is 9.02. The number of ether oxygens (including phenoxy) is 1. The van der Waals surface area contributed by atoms with E-state index in [1.54, 1.807) is 12.1 Å². The summed E-state index contributed by atoms with van der Waals surface area (Å²) in [5.41, 5.74) is 2.02. The molecule has 0 spiro atoms. The first kappa shape index (κ1) is 18.6. The highest BCUT2D eigenvalue weighted by molar-refractivity contribution is 5.61. The second-order valence-corrected chi connectivity index (χ2v) is 6.83. The maximum absolute atomic E-state index is 14.0. The van der Waals surface area contributed by atoms with Gasteiger partial charge in [0.1, 0.15) is 28.8 Å². The highest BCUT2D eigenvalue weighted by Crippen LogP contribution is 2.25. The predicted molar refractivity (Wildman–Crippen MR) is 96.6 cm³/mol. The van der Waals surface area contributed by atoms with Gasteiger partial charge in [-0.25, -0.2) is 13.2 Å². The summed E-state index contributed by atoms with van der Waals surface area (Å²) in [5, 5.41) is 10.5. The summed E-state index contributed by atoms with van der Waals surface area (Å²) in [4.78, 5) is 2.24. The maximum Gasteiger partial charge on any atom is 0.135 e. The predicted octanol–water partition coefficient (Wildman–Crippen LogP) is 3.68. The van der Waals surface area contributed by atoms with Crippen molar-refractivity contribution in [2.45, 2.75) is 25.7 Å². The number of H-pyrrole nitrogens is 1. The zero-order valence-electron chi connectivity index (χ0n) is 15.0. The highest BCUT2D eigenvalue weighted by Gasteiger charge is 2.24. The fourth-order valence-corrected chi connectivity index (χ4v) is 3.37. The van der Waals surface area contributed by atoms with Crippen LogP contribution in [0.5, 0.6) is 0 Å². The third-order valence-electron chi connectivity index (χ3n) is 4.81. The van der Waals surface area contributed by atoms with Gasteiger partial charge in [0, 0.05) is 31.3 Å². The maximum atomic E-state index is 14.0. The van der Waals surface area contributed by atoms with Crippen LogP contribution >= 0.6 is 0 Å². The third kappa shape index (κ3) is 4.23. The molecule has 2 aromatic carbocycles. The lowest BCUT2D eigenvalue weighted by Gasteiger charge is -2.16. The van der Waals surface area contributed by atoms with Crippen LogP contribution in [0.4, 0.5) is 13.2 Å². The van der Waals surface area contributed by atoms with Crippen molar-refractivity contribution in [1.82, 2.24) is 20.3 Å². The molecule has 1 fully saturated rings. The monoisotopic (exact) mass is 388 g/mol. The van der Waals surface area contributed by atoms with Crippen molar-refractivity contribution in [3.05, 3.63) is 71.2 Å². The zero-order valence-corrected chi connectivity index (χ0v) is 15.0. The average molecular weight is 388 g/mol. The molecule has 1 atom stereocenters. The van der Waals surface area contributed by atoms with Crippen molar-refractivity contribution in [1.29, 1.82) is 0 Å². The summed E-state index contributed by atoms with van der Waals surface area (Å²) in [7, 11) is 0. The molecule has 0 radical (unpaired) electrons. The van der Waals surface area contributed by atoms with Crippen LogP contribution < -0.4 is 0 Å². The van der Waals surface area contributed by atoms with Gasteiger partial charge in [0.25, 0.3) is 0 Å². The Balaban J connectivity index is 1.34. The second kappa shape index (κ2) is 8.12. The van der Waals surface area contributed by atoms with Crippen LogP contribution in [0, 0.1) is 17.5 Å². The van der Waals surface area contributed by atoms with Crippen molar-refractivity contribution in [3.63, 3.8) is 0 Å². The molecule has 146 valence electrons. The molecule has 5 nitrogen and oxygen atoms in total. The lowest BCUT2D eigenvalue weighted by Crippen LogP contribution is -2.23. The van der Waals surface area contributed by atoms with Gasteiger partial charge < -0.3 is 4.74 Å². The van der Waals surface area contributed by atoms with Gasteiger partial charge in [-0.1, -0.05) is 12.1 Å². The highest BCUT2D eigenvalue weighted by atomic mass is 19.1. The van der Waals surface area contributed by atoms with Crippen molar-refractivity contribution in [2.24, 2.45) is 0 Å². The Hall–Kier alpha value is -2.71. The van der Waals surface area contributed by atoms with Crippen LogP contribution in [0.1, 0.15) is 17.7 Å². The van der Waals surface area contributed by atoms with Gasteiger partial charge in [-0.05, 0) is 36.2 Å². The van der Waals surface area contributed by atoms with Crippen molar-refractivity contribution in [3.8, 4) is 11.3 Å². The zero-order chi connectivity index (χ0) is 19.5. The normalized spacial score (nSPS) is 17.3. The number of likely N-dealkylation sites (tertiary alicyclic amines) is 1. The number of hydrogen-bond donors (Lipinski definition) is 1. The molecule has 0 saturated carbocycles. The molecule has 1 aliphatic rings. The number of hydrogen-bond acceptors (Lipinski definition) is 4. The number of aromatic amines is 1. The van der Waals surface area contributed by atoms with E-state index in [0.29, 0.717) is 11.4 Å². The number of halogens is 3. The van der Waals surface area contributed by atoms with E-state index in [2.05, 4.69) is 20.3 Å². The van der Waals surface area contributed by atoms with Gasteiger partial charge in [-0.15, -0.1) is 0 Å². The summed E-state index contributed by atoms with van der Waals surface area (Å²) < 4.78 is 46.1. The van der Waals surface area contributed by atoms with Crippen LogP contribution in [-0.2, 0) is 17.9 Å². The van der Waals surface area contributed by atoms with Crippen molar-refractivity contribution in [2.75, 3.05) is 13.1 Å². The summed E-state index contributed by atoms with van der Waals surface area (Å²) in [5.74, 6) is -1.58. The van der Waals surface area contributed by atoms with Gasteiger partial charge in [0.15, 0.2) is 0 Å². The van der Waals surface area contributed by atoms with Crippen molar-refractivity contribution < 1.29 is 17.9 Å². The minimum Gasteiger partial charge on any atom is -0.370 e. The molecule has 0 aliphatic carbocycles. The topological polar surface area (TPSA) is 54.0 Å². The smallest absolute Gasteiger partial charge is 0.135 e. The summed E-state index contributed by atoms with van der Waals surface area (Å²) in [6, 6.07) is 9.82. The minimum absolute atomic E-state index is 0.0167. The first-order valence-electron chi connectivity index (χ1n) is 9.02.